The molecule has 0 fully saturated rings. The molecule has 0 aliphatic heterocycles. The molecular weight excluding hydrogens is 152 g/mol. The fourth-order valence-corrected chi connectivity index (χ4v) is 0.845. The van der Waals surface area contributed by atoms with Crippen LogP contribution in [0.2, 0.25) is 0 Å². The standard InChI is InChI=1S/C9H10N2O/c1-7-8(3-2-6-11-7)4-5-9(10)12/h2-6H,1H3,(H2,10,12). The van der Waals surface area contributed by atoms with Crippen molar-refractivity contribution >= 4 is 12.0 Å². The van der Waals surface area contributed by atoms with Gasteiger partial charge in [0.2, 0.25) is 5.91 Å². The Bertz CT molecular complexity index is 318. The summed E-state index contributed by atoms with van der Waals surface area (Å²) in [6.45, 7) is 1.88. The third kappa shape index (κ3) is 2.20. The fraction of sp³-hybridized carbons (Fsp3) is 0.111. The zero-order valence-electron chi connectivity index (χ0n) is 6.82. The average molecular weight is 162 g/mol. The van der Waals surface area contributed by atoms with Crippen LogP contribution < -0.4 is 5.73 Å². The largest absolute Gasteiger partial charge is 0.366 e. The zero-order valence-corrected chi connectivity index (χ0v) is 6.82. The summed E-state index contributed by atoms with van der Waals surface area (Å²) in [5, 5.41) is 0. The van der Waals surface area contributed by atoms with Gasteiger partial charge in [-0.25, -0.2) is 0 Å². The number of carbonyl (C=O) groups is 1. The van der Waals surface area contributed by atoms with Gasteiger partial charge in [0, 0.05) is 18.0 Å². The number of aromatic nitrogens is 1. The third-order valence-corrected chi connectivity index (χ3v) is 1.47. The summed E-state index contributed by atoms with van der Waals surface area (Å²) in [7, 11) is 0. The van der Waals surface area contributed by atoms with E-state index in [-0.39, 0.29) is 0 Å². The van der Waals surface area contributed by atoms with Crippen molar-refractivity contribution in [3.63, 3.8) is 0 Å². The Kier molecular flexibility index (Phi) is 2.58. The minimum atomic E-state index is -0.446. The number of rotatable bonds is 2. The molecule has 1 rings (SSSR count). The summed E-state index contributed by atoms with van der Waals surface area (Å²) in [5.74, 6) is -0.446. The summed E-state index contributed by atoms with van der Waals surface area (Å²) in [6.07, 6.45) is 4.69. The molecule has 2 N–H and O–H groups in total. The van der Waals surface area contributed by atoms with E-state index >= 15 is 0 Å². The van der Waals surface area contributed by atoms with Gasteiger partial charge in [0.25, 0.3) is 0 Å². The number of aryl methyl sites for hydroxylation is 1. The monoisotopic (exact) mass is 162 g/mol. The van der Waals surface area contributed by atoms with Crippen LogP contribution in [0.3, 0.4) is 0 Å². The lowest BCUT2D eigenvalue weighted by atomic mass is 10.2. The summed E-state index contributed by atoms with van der Waals surface area (Å²) in [5.41, 5.74) is 6.74. The Morgan fingerprint density at radius 3 is 3.00 bits per heavy atom. The van der Waals surface area contributed by atoms with Crippen molar-refractivity contribution in [2.75, 3.05) is 0 Å². The van der Waals surface area contributed by atoms with E-state index in [9.17, 15) is 4.79 Å². The van der Waals surface area contributed by atoms with Crippen LogP contribution in [0.1, 0.15) is 11.3 Å². The highest BCUT2D eigenvalue weighted by molar-refractivity contribution is 5.90. The highest BCUT2D eigenvalue weighted by Crippen LogP contribution is 2.04. The number of nitrogens with zero attached hydrogens (tertiary/aromatic N) is 1. The van der Waals surface area contributed by atoms with Gasteiger partial charge >= 0.3 is 0 Å². The van der Waals surface area contributed by atoms with Crippen molar-refractivity contribution in [3.8, 4) is 0 Å². The SMILES string of the molecule is Cc1ncccc1C=CC(N)=O. The van der Waals surface area contributed by atoms with Crippen LogP contribution in [0.15, 0.2) is 24.4 Å². The zero-order chi connectivity index (χ0) is 8.97. The van der Waals surface area contributed by atoms with E-state index in [4.69, 9.17) is 5.73 Å². The van der Waals surface area contributed by atoms with Crippen LogP contribution >= 0.6 is 0 Å². The minimum absolute atomic E-state index is 0.446. The molecule has 0 unspecified atom stereocenters. The van der Waals surface area contributed by atoms with Gasteiger partial charge < -0.3 is 5.73 Å². The molecule has 1 amide bonds. The van der Waals surface area contributed by atoms with E-state index in [0.717, 1.165) is 11.3 Å². The van der Waals surface area contributed by atoms with E-state index < -0.39 is 5.91 Å². The Balaban J connectivity index is 2.89. The smallest absolute Gasteiger partial charge is 0.241 e. The maximum atomic E-state index is 10.4. The van der Waals surface area contributed by atoms with Crippen LogP contribution in [-0.2, 0) is 4.79 Å². The lowest BCUT2D eigenvalue weighted by Crippen LogP contribution is -2.05. The summed E-state index contributed by atoms with van der Waals surface area (Å²) in [4.78, 5) is 14.5. The highest BCUT2D eigenvalue weighted by Gasteiger charge is 1.92. The normalized spacial score (nSPS) is 10.4. The van der Waals surface area contributed by atoms with Crippen LogP contribution in [0.5, 0.6) is 0 Å². The van der Waals surface area contributed by atoms with Crippen LogP contribution in [0.4, 0.5) is 0 Å². The molecule has 12 heavy (non-hydrogen) atoms. The maximum absolute atomic E-state index is 10.4. The number of nitrogens with two attached hydrogens (primary N) is 1. The molecular formula is C9H10N2O. The van der Waals surface area contributed by atoms with E-state index in [1.807, 2.05) is 19.1 Å². The summed E-state index contributed by atoms with van der Waals surface area (Å²) in [6, 6.07) is 3.69. The molecule has 0 aliphatic carbocycles. The van der Waals surface area contributed by atoms with Crippen molar-refractivity contribution in [3.05, 3.63) is 35.7 Å². The third-order valence-electron chi connectivity index (χ3n) is 1.47. The molecule has 1 aromatic rings. The number of hydrogen-bond acceptors (Lipinski definition) is 2. The van der Waals surface area contributed by atoms with Gasteiger partial charge in [-0.3, -0.25) is 9.78 Å². The van der Waals surface area contributed by atoms with Crippen molar-refractivity contribution in [2.24, 2.45) is 5.73 Å². The Labute approximate surface area is 70.9 Å². The molecule has 0 saturated carbocycles. The van der Waals surface area contributed by atoms with E-state index in [0.29, 0.717) is 0 Å². The topological polar surface area (TPSA) is 56.0 Å². The second kappa shape index (κ2) is 3.67. The van der Waals surface area contributed by atoms with Crippen molar-refractivity contribution in [1.29, 1.82) is 0 Å². The van der Waals surface area contributed by atoms with Gasteiger partial charge in [-0.15, -0.1) is 0 Å². The molecule has 3 heteroatoms. The molecule has 1 aromatic heterocycles. The molecule has 62 valence electrons. The van der Waals surface area contributed by atoms with Gasteiger partial charge in [0.15, 0.2) is 0 Å². The van der Waals surface area contributed by atoms with Gasteiger partial charge in [0.1, 0.15) is 0 Å². The van der Waals surface area contributed by atoms with Gasteiger partial charge in [0.05, 0.1) is 0 Å². The maximum Gasteiger partial charge on any atom is 0.241 e. The minimum Gasteiger partial charge on any atom is -0.366 e. The Morgan fingerprint density at radius 2 is 2.42 bits per heavy atom. The Hall–Kier alpha value is -1.64. The molecule has 0 spiro atoms. The molecule has 0 bridgehead atoms. The predicted octanol–water partition coefficient (Wildman–Crippen LogP) is 0.889. The van der Waals surface area contributed by atoms with Gasteiger partial charge in [-0.2, -0.15) is 0 Å². The van der Waals surface area contributed by atoms with Gasteiger partial charge in [-0.1, -0.05) is 6.07 Å². The molecule has 0 atom stereocenters. The first kappa shape index (κ1) is 8.46. The van der Waals surface area contributed by atoms with Crippen LogP contribution in [0.25, 0.3) is 6.08 Å². The number of pyridine rings is 1. The quantitative estimate of drug-likeness (QED) is 0.656. The summed E-state index contributed by atoms with van der Waals surface area (Å²) >= 11 is 0. The molecule has 0 aliphatic rings. The second-order valence-corrected chi connectivity index (χ2v) is 2.41. The first-order valence-corrected chi connectivity index (χ1v) is 3.59. The fourth-order valence-electron chi connectivity index (χ4n) is 0.845. The molecule has 0 radical (unpaired) electrons. The average Bonchev–Trinajstić information content (AvgIpc) is 2.03. The predicted molar refractivity (Wildman–Crippen MR) is 47.2 cm³/mol. The van der Waals surface area contributed by atoms with Crippen molar-refractivity contribution < 1.29 is 4.79 Å². The number of amides is 1. The number of primary amides is 1. The lowest BCUT2D eigenvalue weighted by Gasteiger charge is -1.95. The van der Waals surface area contributed by atoms with E-state index in [1.165, 1.54) is 6.08 Å². The van der Waals surface area contributed by atoms with Crippen molar-refractivity contribution in [1.82, 2.24) is 4.98 Å². The highest BCUT2D eigenvalue weighted by atomic mass is 16.1. The van der Waals surface area contributed by atoms with E-state index in [1.54, 1.807) is 12.3 Å². The molecule has 0 saturated heterocycles. The second-order valence-electron chi connectivity index (χ2n) is 2.41. The summed E-state index contributed by atoms with van der Waals surface area (Å²) < 4.78 is 0. The number of carbonyl (C=O) groups excluding carboxylic acids is 1. The van der Waals surface area contributed by atoms with Gasteiger partial charge in [-0.05, 0) is 24.6 Å². The first-order chi connectivity index (χ1) is 5.70. The first-order valence-electron chi connectivity index (χ1n) is 3.59. The molecule has 0 aromatic carbocycles. The van der Waals surface area contributed by atoms with E-state index in [2.05, 4.69) is 4.98 Å². The lowest BCUT2D eigenvalue weighted by molar-refractivity contribution is -0.113. The molecule has 3 nitrogen and oxygen atoms in total. The van der Waals surface area contributed by atoms with Crippen molar-refractivity contribution in [2.45, 2.75) is 6.92 Å². The Morgan fingerprint density at radius 1 is 1.67 bits per heavy atom. The van der Waals surface area contributed by atoms with Crippen LogP contribution in [0, 0.1) is 6.92 Å². The molecule has 1 heterocycles. The van der Waals surface area contributed by atoms with Crippen LogP contribution in [-0.4, -0.2) is 10.9 Å². The number of hydrogen-bond donors (Lipinski definition) is 1.